The van der Waals surface area contributed by atoms with Crippen LogP contribution in [0.15, 0.2) is 109 Å². The van der Waals surface area contributed by atoms with Crippen molar-refractivity contribution < 1.29 is 28.6 Å². The molecule has 0 aliphatic rings. The molecule has 0 aromatic heterocycles. The Morgan fingerprint density at radius 3 is 1.00 bits per heavy atom. The van der Waals surface area contributed by atoms with E-state index in [0.29, 0.717) is 25.7 Å². The fourth-order valence-corrected chi connectivity index (χ4v) is 7.12. The van der Waals surface area contributed by atoms with Crippen molar-refractivity contribution in [3.05, 3.63) is 109 Å². The molecule has 0 saturated heterocycles. The number of hydrogen-bond acceptors (Lipinski definition) is 6. The summed E-state index contributed by atoms with van der Waals surface area (Å²) in [4.78, 5) is 38.1. The SMILES string of the molecule is CC/C=C\C/C=C\C/C=C\C/C=C\CCCCC(=O)OC[C@H](COC(=O)CCCCCCCCC/C=C\CCCCCC)OC(=O)CCCCC/C=C\C/C=C\C/C=C\C/C=C\CCCCC. The number of carbonyl (C=O) groups is 3. The molecule has 0 unspecified atom stereocenters. The van der Waals surface area contributed by atoms with E-state index >= 15 is 0 Å². The number of unbranched alkanes of at least 4 members (excludes halogenated alkanes) is 19. The lowest BCUT2D eigenvalue weighted by molar-refractivity contribution is -0.167. The Labute approximate surface area is 412 Å². The molecule has 0 radical (unpaired) electrons. The van der Waals surface area contributed by atoms with Gasteiger partial charge in [0.25, 0.3) is 0 Å². The van der Waals surface area contributed by atoms with Gasteiger partial charge in [-0.2, -0.15) is 0 Å². The van der Waals surface area contributed by atoms with Gasteiger partial charge < -0.3 is 14.2 Å². The summed E-state index contributed by atoms with van der Waals surface area (Å²) < 4.78 is 16.8. The topological polar surface area (TPSA) is 78.9 Å². The van der Waals surface area contributed by atoms with E-state index in [1.54, 1.807) is 0 Å². The third-order valence-corrected chi connectivity index (χ3v) is 11.2. The second-order valence-electron chi connectivity index (χ2n) is 17.7. The molecule has 67 heavy (non-hydrogen) atoms. The fourth-order valence-electron chi connectivity index (χ4n) is 7.12. The summed E-state index contributed by atoms with van der Waals surface area (Å²) in [6.45, 7) is 6.41. The summed E-state index contributed by atoms with van der Waals surface area (Å²) in [5, 5.41) is 0. The Hall–Kier alpha value is -3.93. The van der Waals surface area contributed by atoms with Gasteiger partial charge in [0.1, 0.15) is 13.2 Å². The minimum absolute atomic E-state index is 0.108. The quantitative estimate of drug-likeness (QED) is 0.0262. The van der Waals surface area contributed by atoms with Crippen molar-refractivity contribution in [1.82, 2.24) is 0 Å². The van der Waals surface area contributed by atoms with Crippen molar-refractivity contribution in [3.63, 3.8) is 0 Å². The van der Waals surface area contributed by atoms with E-state index < -0.39 is 6.10 Å². The van der Waals surface area contributed by atoms with E-state index in [9.17, 15) is 14.4 Å². The molecule has 0 aliphatic heterocycles. The van der Waals surface area contributed by atoms with Crippen molar-refractivity contribution >= 4 is 17.9 Å². The number of rotatable bonds is 48. The Balaban J connectivity index is 4.53. The maximum Gasteiger partial charge on any atom is 0.306 e. The van der Waals surface area contributed by atoms with Gasteiger partial charge in [-0.1, -0.05) is 201 Å². The van der Waals surface area contributed by atoms with Gasteiger partial charge in [0.15, 0.2) is 6.10 Å². The molecule has 0 spiro atoms. The van der Waals surface area contributed by atoms with E-state index in [0.717, 1.165) is 96.3 Å². The Bertz CT molecular complexity index is 1390. The molecule has 0 aliphatic carbocycles. The zero-order valence-electron chi connectivity index (χ0n) is 43.4. The van der Waals surface area contributed by atoms with Crippen LogP contribution in [-0.2, 0) is 28.6 Å². The third kappa shape index (κ3) is 52.9. The fraction of sp³-hybridized carbons (Fsp3) is 0.656. The van der Waals surface area contributed by atoms with Gasteiger partial charge in [-0.15, -0.1) is 0 Å². The lowest BCUT2D eigenvalue weighted by Crippen LogP contribution is -2.30. The monoisotopic (exact) mass is 929 g/mol. The van der Waals surface area contributed by atoms with Gasteiger partial charge in [-0.05, 0) is 128 Å². The summed E-state index contributed by atoms with van der Waals surface area (Å²) in [6, 6.07) is 0. The smallest absolute Gasteiger partial charge is 0.306 e. The first-order valence-electron chi connectivity index (χ1n) is 27.4. The Morgan fingerprint density at radius 2 is 0.582 bits per heavy atom. The second-order valence-corrected chi connectivity index (χ2v) is 17.7. The summed E-state index contributed by atoms with van der Waals surface area (Å²) in [6.07, 6.45) is 73.6. The molecular weight excluding hydrogens is 829 g/mol. The molecule has 0 rings (SSSR count). The van der Waals surface area contributed by atoms with Gasteiger partial charge >= 0.3 is 17.9 Å². The van der Waals surface area contributed by atoms with Gasteiger partial charge in [-0.25, -0.2) is 0 Å². The highest BCUT2D eigenvalue weighted by molar-refractivity contribution is 5.71. The minimum atomic E-state index is -0.815. The summed E-state index contributed by atoms with van der Waals surface area (Å²) >= 11 is 0. The molecule has 6 heteroatoms. The molecule has 0 heterocycles. The first-order valence-corrected chi connectivity index (χ1v) is 27.4. The second kappa shape index (κ2) is 54.7. The zero-order valence-corrected chi connectivity index (χ0v) is 43.4. The van der Waals surface area contributed by atoms with Crippen LogP contribution in [0, 0.1) is 0 Å². The normalized spacial score (nSPS) is 12.9. The van der Waals surface area contributed by atoms with E-state index in [4.69, 9.17) is 14.2 Å². The number of allylic oxidation sites excluding steroid dienone is 18. The van der Waals surface area contributed by atoms with Crippen LogP contribution in [-0.4, -0.2) is 37.2 Å². The molecule has 0 bridgehead atoms. The standard InChI is InChI=1S/C61H100O6/c1-4-7-10-13-16-19-22-25-28-29-30-31-34-37-40-43-46-49-52-55-61(64)67-58(56-65-59(62)53-50-47-44-41-38-35-32-26-23-20-17-14-11-8-5-2)57-66-60(63)54-51-48-45-42-39-36-33-27-24-21-18-15-12-9-6-3/h8,11,16-17,19-21,24-26,28,30-32,37-38,40-41,58H,4-7,9-10,12-15,18,22-23,27,29,33-36,39,42-57H2,1-3H3/b11-8-,19-16-,20-17-,24-21-,28-25-,31-30-,32-26-,40-37-,41-38-/t58-/m1/s1. The number of esters is 3. The Kier molecular flexibility index (Phi) is 51.5. The highest BCUT2D eigenvalue weighted by Crippen LogP contribution is 2.13. The maximum absolute atomic E-state index is 12.8. The van der Waals surface area contributed by atoms with Crippen LogP contribution in [0.5, 0.6) is 0 Å². The lowest BCUT2D eigenvalue weighted by atomic mass is 10.1. The summed E-state index contributed by atoms with van der Waals surface area (Å²) in [5.74, 6) is -0.989. The molecule has 380 valence electrons. The largest absolute Gasteiger partial charge is 0.462 e. The predicted octanol–water partition coefficient (Wildman–Crippen LogP) is 18.3. The predicted molar refractivity (Wildman–Crippen MR) is 288 cm³/mol. The van der Waals surface area contributed by atoms with Crippen molar-refractivity contribution in [3.8, 4) is 0 Å². The summed E-state index contributed by atoms with van der Waals surface area (Å²) in [7, 11) is 0. The average Bonchev–Trinajstić information content (AvgIpc) is 3.33. The number of carbonyl (C=O) groups excluding carboxylic acids is 3. The van der Waals surface area contributed by atoms with Gasteiger partial charge in [-0.3, -0.25) is 14.4 Å². The average molecular weight is 929 g/mol. The van der Waals surface area contributed by atoms with Crippen LogP contribution >= 0.6 is 0 Å². The molecular formula is C61H100O6. The van der Waals surface area contributed by atoms with Crippen LogP contribution in [0.4, 0.5) is 0 Å². The van der Waals surface area contributed by atoms with Crippen LogP contribution < -0.4 is 0 Å². The van der Waals surface area contributed by atoms with E-state index in [1.165, 1.54) is 89.9 Å². The summed E-state index contributed by atoms with van der Waals surface area (Å²) in [5.41, 5.74) is 0. The van der Waals surface area contributed by atoms with Crippen molar-refractivity contribution in [2.45, 2.75) is 245 Å². The highest BCUT2D eigenvalue weighted by Gasteiger charge is 2.19. The van der Waals surface area contributed by atoms with Crippen LogP contribution in [0.25, 0.3) is 0 Å². The molecule has 0 aromatic carbocycles. The molecule has 0 fully saturated rings. The zero-order chi connectivity index (χ0) is 48.6. The van der Waals surface area contributed by atoms with Crippen LogP contribution in [0.3, 0.4) is 0 Å². The molecule has 0 N–H and O–H groups in total. The highest BCUT2D eigenvalue weighted by atomic mass is 16.6. The van der Waals surface area contributed by atoms with E-state index in [2.05, 4.69) is 130 Å². The minimum Gasteiger partial charge on any atom is -0.462 e. The van der Waals surface area contributed by atoms with Gasteiger partial charge in [0, 0.05) is 19.3 Å². The Morgan fingerprint density at radius 1 is 0.313 bits per heavy atom. The van der Waals surface area contributed by atoms with Gasteiger partial charge in [0.2, 0.25) is 0 Å². The van der Waals surface area contributed by atoms with Crippen molar-refractivity contribution in [1.29, 1.82) is 0 Å². The molecule has 1 atom stereocenters. The third-order valence-electron chi connectivity index (χ3n) is 11.2. The first-order chi connectivity index (χ1) is 33.0. The van der Waals surface area contributed by atoms with Crippen molar-refractivity contribution in [2.75, 3.05) is 13.2 Å². The van der Waals surface area contributed by atoms with Crippen LogP contribution in [0.2, 0.25) is 0 Å². The molecule has 0 saturated carbocycles. The number of hydrogen-bond donors (Lipinski definition) is 0. The lowest BCUT2D eigenvalue weighted by Gasteiger charge is -2.18. The van der Waals surface area contributed by atoms with Gasteiger partial charge in [0.05, 0.1) is 0 Å². The van der Waals surface area contributed by atoms with E-state index in [-0.39, 0.29) is 37.5 Å². The molecule has 6 nitrogen and oxygen atoms in total. The van der Waals surface area contributed by atoms with Crippen LogP contribution in [0.1, 0.15) is 239 Å². The number of ether oxygens (including phenoxy) is 3. The first kappa shape index (κ1) is 63.1. The molecule has 0 amide bonds. The van der Waals surface area contributed by atoms with E-state index in [1.807, 2.05) is 0 Å². The maximum atomic E-state index is 12.8. The molecule has 0 aromatic rings. The van der Waals surface area contributed by atoms with Crippen molar-refractivity contribution in [2.24, 2.45) is 0 Å².